The number of amides is 2. The van der Waals surface area contributed by atoms with E-state index in [4.69, 9.17) is 4.98 Å². The molecule has 0 radical (unpaired) electrons. The van der Waals surface area contributed by atoms with E-state index in [9.17, 15) is 9.59 Å². The summed E-state index contributed by atoms with van der Waals surface area (Å²) < 4.78 is 2.08. The van der Waals surface area contributed by atoms with Crippen LogP contribution in [0, 0.1) is 6.92 Å². The highest BCUT2D eigenvalue weighted by molar-refractivity contribution is 7.99. The van der Waals surface area contributed by atoms with Crippen molar-refractivity contribution in [1.82, 2.24) is 14.5 Å². The summed E-state index contributed by atoms with van der Waals surface area (Å²) in [5, 5.41) is 3.65. The monoisotopic (exact) mass is 444 g/mol. The molecule has 1 N–H and O–H groups in total. The number of benzene rings is 3. The average molecular weight is 445 g/mol. The number of hydrogen-bond donors (Lipinski definition) is 1. The van der Waals surface area contributed by atoms with Gasteiger partial charge in [-0.2, -0.15) is 0 Å². The molecular weight excluding hydrogens is 420 g/mol. The number of imidazole rings is 1. The maximum atomic E-state index is 12.6. The minimum absolute atomic E-state index is 0.0755. The summed E-state index contributed by atoms with van der Waals surface area (Å²) in [6, 6.07) is 23.1. The Balaban J connectivity index is 1.49. The Hall–Kier alpha value is -3.58. The zero-order valence-corrected chi connectivity index (χ0v) is 19.0. The number of anilines is 1. The van der Waals surface area contributed by atoms with Crippen molar-refractivity contribution < 1.29 is 9.59 Å². The molecule has 0 fully saturated rings. The number of nitrogens with one attached hydrogen (secondary N) is 1. The molecule has 0 aliphatic carbocycles. The fraction of sp³-hybridized carbons (Fsp3) is 0.160. The van der Waals surface area contributed by atoms with E-state index >= 15 is 0 Å². The third kappa shape index (κ3) is 4.68. The second kappa shape index (κ2) is 9.28. The van der Waals surface area contributed by atoms with Gasteiger partial charge in [0, 0.05) is 31.0 Å². The predicted molar refractivity (Wildman–Crippen MR) is 130 cm³/mol. The highest BCUT2D eigenvalue weighted by Crippen LogP contribution is 2.28. The minimum atomic E-state index is -0.135. The van der Waals surface area contributed by atoms with E-state index in [2.05, 4.69) is 41.1 Å². The number of aryl methyl sites for hydroxylation is 1. The van der Waals surface area contributed by atoms with Gasteiger partial charge < -0.3 is 10.2 Å². The first-order valence-corrected chi connectivity index (χ1v) is 11.2. The van der Waals surface area contributed by atoms with Crippen LogP contribution in [0.4, 0.5) is 5.69 Å². The van der Waals surface area contributed by atoms with Crippen LogP contribution in [0.5, 0.6) is 0 Å². The van der Waals surface area contributed by atoms with Crippen LogP contribution in [-0.4, -0.2) is 46.1 Å². The topological polar surface area (TPSA) is 67.2 Å². The molecule has 0 atom stereocenters. The molecular formula is C25H24N4O2S. The summed E-state index contributed by atoms with van der Waals surface area (Å²) in [4.78, 5) is 30.8. The molecule has 162 valence electrons. The lowest BCUT2D eigenvalue weighted by Crippen LogP contribution is -2.21. The van der Waals surface area contributed by atoms with Crippen molar-refractivity contribution >= 4 is 40.3 Å². The van der Waals surface area contributed by atoms with Crippen molar-refractivity contribution in [2.45, 2.75) is 12.1 Å². The normalized spacial score (nSPS) is 10.8. The molecule has 6 nitrogen and oxygen atoms in total. The Kier molecular flexibility index (Phi) is 6.28. The molecule has 3 aromatic carbocycles. The standard InChI is InChI=1S/C25H24N4O2S/c1-17-8-14-20(15-9-17)29-22-7-5-4-6-21(22)27-25(29)32-16-23(30)26-19-12-10-18(11-13-19)24(31)28(2)3/h4-15H,16H2,1-3H3,(H,26,30). The molecule has 0 unspecified atom stereocenters. The van der Waals surface area contributed by atoms with Gasteiger partial charge in [0.25, 0.3) is 5.91 Å². The van der Waals surface area contributed by atoms with Crippen LogP contribution in [0.25, 0.3) is 16.7 Å². The van der Waals surface area contributed by atoms with Crippen LogP contribution < -0.4 is 5.32 Å². The molecule has 32 heavy (non-hydrogen) atoms. The smallest absolute Gasteiger partial charge is 0.253 e. The summed E-state index contributed by atoms with van der Waals surface area (Å²) >= 11 is 1.39. The maximum absolute atomic E-state index is 12.6. The molecule has 0 spiro atoms. The molecule has 1 heterocycles. The molecule has 1 aromatic heterocycles. The Morgan fingerprint density at radius 1 is 0.969 bits per heavy atom. The van der Waals surface area contributed by atoms with E-state index in [1.807, 2.05) is 24.3 Å². The van der Waals surface area contributed by atoms with Gasteiger partial charge >= 0.3 is 0 Å². The molecule has 0 saturated heterocycles. The number of hydrogen-bond acceptors (Lipinski definition) is 4. The highest BCUT2D eigenvalue weighted by Gasteiger charge is 2.15. The summed E-state index contributed by atoms with van der Waals surface area (Å²) in [6.07, 6.45) is 0. The van der Waals surface area contributed by atoms with E-state index in [0.29, 0.717) is 11.3 Å². The van der Waals surface area contributed by atoms with Gasteiger partial charge in [0.05, 0.1) is 16.8 Å². The largest absolute Gasteiger partial charge is 0.345 e. The van der Waals surface area contributed by atoms with Crippen molar-refractivity contribution in [2.24, 2.45) is 0 Å². The van der Waals surface area contributed by atoms with E-state index < -0.39 is 0 Å². The summed E-state index contributed by atoms with van der Waals surface area (Å²) in [5.74, 6) is 0.00532. The summed E-state index contributed by atoms with van der Waals surface area (Å²) in [7, 11) is 3.42. The summed E-state index contributed by atoms with van der Waals surface area (Å²) in [5.41, 5.74) is 5.31. The molecule has 0 saturated carbocycles. The fourth-order valence-corrected chi connectivity index (χ4v) is 4.15. The second-order valence-corrected chi connectivity index (χ2v) is 8.61. The van der Waals surface area contributed by atoms with Crippen LogP contribution in [-0.2, 0) is 4.79 Å². The van der Waals surface area contributed by atoms with Gasteiger partial charge in [-0.1, -0.05) is 41.6 Å². The van der Waals surface area contributed by atoms with E-state index in [1.54, 1.807) is 38.4 Å². The van der Waals surface area contributed by atoms with Crippen LogP contribution in [0.2, 0.25) is 0 Å². The number of nitrogens with zero attached hydrogens (tertiary/aromatic N) is 3. The number of para-hydroxylation sites is 2. The van der Waals surface area contributed by atoms with Gasteiger partial charge in [-0.3, -0.25) is 14.2 Å². The molecule has 4 aromatic rings. The van der Waals surface area contributed by atoms with Crippen molar-refractivity contribution in [3.63, 3.8) is 0 Å². The zero-order valence-electron chi connectivity index (χ0n) is 18.2. The van der Waals surface area contributed by atoms with E-state index in [0.717, 1.165) is 21.9 Å². The molecule has 2 amide bonds. The lowest BCUT2D eigenvalue weighted by atomic mass is 10.2. The van der Waals surface area contributed by atoms with Gasteiger partial charge in [0.15, 0.2) is 5.16 Å². The van der Waals surface area contributed by atoms with Crippen LogP contribution in [0.3, 0.4) is 0 Å². The van der Waals surface area contributed by atoms with Crippen molar-refractivity contribution in [3.8, 4) is 5.69 Å². The van der Waals surface area contributed by atoms with E-state index in [1.165, 1.54) is 22.2 Å². The minimum Gasteiger partial charge on any atom is -0.345 e. The maximum Gasteiger partial charge on any atom is 0.253 e. The molecule has 0 bridgehead atoms. The lowest BCUT2D eigenvalue weighted by molar-refractivity contribution is -0.113. The van der Waals surface area contributed by atoms with Gasteiger partial charge in [-0.25, -0.2) is 4.98 Å². The van der Waals surface area contributed by atoms with Crippen molar-refractivity contribution in [1.29, 1.82) is 0 Å². The number of carbonyl (C=O) groups excluding carboxylic acids is 2. The first-order valence-electron chi connectivity index (χ1n) is 10.2. The van der Waals surface area contributed by atoms with E-state index in [-0.39, 0.29) is 17.6 Å². The number of carbonyl (C=O) groups is 2. The summed E-state index contributed by atoms with van der Waals surface area (Å²) in [6.45, 7) is 2.05. The SMILES string of the molecule is Cc1ccc(-n2c(SCC(=O)Nc3ccc(C(=O)N(C)C)cc3)nc3ccccc32)cc1. The number of fused-ring (bicyclic) bond motifs is 1. The van der Waals surface area contributed by atoms with Crippen LogP contribution in [0.1, 0.15) is 15.9 Å². The number of aromatic nitrogens is 2. The Morgan fingerprint density at radius 3 is 2.34 bits per heavy atom. The molecule has 4 rings (SSSR count). The van der Waals surface area contributed by atoms with Crippen molar-refractivity contribution in [3.05, 3.63) is 83.9 Å². The Morgan fingerprint density at radius 2 is 1.66 bits per heavy atom. The zero-order chi connectivity index (χ0) is 22.7. The first-order chi connectivity index (χ1) is 15.4. The number of thioether (sulfide) groups is 1. The second-order valence-electron chi connectivity index (χ2n) is 7.67. The first kappa shape index (κ1) is 21.6. The third-order valence-electron chi connectivity index (χ3n) is 4.98. The highest BCUT2D eigenvalue weighted by atomic mass is 32.2. The number of rotatable bonds is 6. The third-order valence-corrected chi connectivity index (χ3v) is 5.91. The van der Waals surface area contributed by atoms with Gasteiger partial charge in [0.2, 0.25) is 5.91 Å². The fourth-order valence-electron chi connectivity index (χ4n) is 3.33. The quantitative estimate of drug-likeness (QED) is 0.435. The lowest BCUT2D eigenvalue weighted by Gasteiger charge is -2.11. The molecule has 0 aliphatic heterocycles. The average Bonchev–Trinajstić information content (AvgIpc) is 3.16. The van der Waals surface area contributed by atoms with Gasteiger partial charge in [0.1, 0.15) is 0 Å². The van der Waals surface area contributed by atoms with Crippen LogP contribution in [0.15, 0.2) is 78.0 Å². The van der Waals surface area contributed by atoms with Crippen LogP contribution >= 0.6 is 11.8 Å². The Bertz CT molecular complexity index is 1260. The van der Waals surface area contributed by atoms with Gasteiger partial charge in [-0.05, 0) is 55.5 Å². The predicted octanol–water partition coefficient (Wildman–Crippen LogP) is 4.77. The van der Waals surface area contributed by atoms with Gasteiger partial charge in [-0.15, -0.1) is 0 Å². The van der Waals surface area contributed by atoms with Crippen molar-refractivity contribution in [2.75, 3.05) is 25.2 Å². The molecule has 0 aliphatic rings. The molecule has 7 heteroatoms. The Labute approximate surface area is 191 Å².